The molecule has 0 unspecified atom stereocenters. The summed E-state index contributed by atoms with van der Waals surface area (Å²) >= 11 is 0. The average Bonchev–Trinajstić information content (AvgIpc) is 3.35. The van der Waals surface area contributed by atoms with Crippen molar-refractivity contribution in [1.29, 1.82) is 0 Å². The third-order valence-electron chi connectivity index (χ3n) is 5.52. The van der Waals surface area contributed by atoms with E-state index in [1.54, 1.807) is 24.3 Å². The highest BCUT2D eigenvalue weighted by Crippen LogP contribution is 2.38. The number of methoxy groups -OCH3 is 1. The minimum Gasteiger partial charge on any atom is -0.497 e. The summed E-state index contributed by atoms with van der Waals surface area (Å²) in [5.74, 6) is 0.579. The van der Waals surface area contributed by atoms with E-state index in [0.29, 0.717) is 30.9 Å². The van der Waals surface area contributed by atoms with Crippen LogP contribution in [-0.2, 0) is 26.5 Å². The van der Waals surface area contributed by atoms with Crippen molar-refractivity contribution in [3.8, 4) is 5.75 Å². The molecule has 0 radical (unpaired) electrons. The number of rotatable bonds is 5. The molecule has 156 valence electrons. The fraction of sp³-hybridized carbons (Fsp3) is 0.400. The number of fused-ring (bicyclic) bond motifs is 1. The third-order valence-corrected chi connectivity index (χ3v) is 9.36. The van der Waals surface area contributed by atoms with Gasteiger partial charge in [0.1, 0.15) is 5.75 Å². The lowest BCUT2D eigenvalue weighted by Crippen LogP contribution is -2.35. The number of ether oxygens (including phenoxy) is 1. The first-order valence-electron chi connectivity index (χ1n) is 9.57. The van der Waals surface area contributed by atoms with E-state index >= 15 is 0 Å². The molecule has 0 spiro atoms. The van der Waals surface area contributed by atoms with Crippen LogP contribution >= 0.6 is 0 Å². The van der Waals surface area contributed by atoms with Gasteiger partial charge in [-0.05, 0) is 74.2 Å². The lowest BCUT2D eigenvalue weighted by Gasteiger charge is -2.24. The lowest BCUT2D eigenvalue weighted by atomic mass is 10.1. The molecule has 0 aromatic heterocycles. The second-order valence-corrected chi connectivity index (χ2v) is 11.2. The molecule has 0 saturated carbocycles. The van der Waals surface area contributed by atoms with Gasteiger partial charge in [0, 0.05) is 19.1 Å². The van der Waals surface area contributed by atoms with Gasteiger partial charge in [-0.1, -0.05) is 0 Å². The Hall–Kier alpha value is -2.10. The first-order valence-corrected chi connectivity index (χ1v) is 12.4. The Balaban J connectivity index is 1.70. The molecule has 2 aromatic carbocycles. The van der Waals surface area contributed by atoms with Gasteiger partial charge in [0.2, 0.25) is 10.0 Å². The Bertz CT molecular complexity index is 1120. The van der Waals surface area contributed by atoms with Gasteiger partial charge in [0.15, 0.2) is 0 Å². The standard InChI is InChI=1S/C20H24N2O5S2/c1-15-13-16-14-19(28(23,24)21-11-3-4-12-21)9-10-20(16)22(15)29(25,26)18-7-5-17(27-2)6-8-18/h5-10,14-15H,3-4,11-13H2,1-2H3/t15-/m0/s1. The summed E-state index contributed by atoms with van der Waals surface area (Å²) in [5, 5.41) is 0. The van der Waals surface area contributed by atoms with Gasteiger partial charge in [0.25, 0.3) is 10.0 Å². The predicted molar refractivity (Wildman–Crippen MR) is 110 cm³/mol. The van der Waals surface area contributed by atoms with Crippen molar-refractivity contribution in [3.63, 3.8) is 0 Å². The lowest BCUT2D eigenvalue weighted by molar-refractivity contribution is 0.414. The normalized spacial score (nSPS) is 20.1. The Morgan fingerprint density at radius 2 is 1.52 bits per heavy atom. The molecule has 4 rings (SSSR count). The maximum absolute atomic E-state index is 13.3. The van der Waals surface area contributed by atoms with Crippen LogP contribution in [0, 0.1) is 0 Å². The predicted octanol–water partition coefficient (Wildman–Crippen LogP) is 2.62. The van der Waals surface area contributed by atoms with Crippen LogP contribution in [-0.4, -0.2) is 47.4 Å². The average molecular weight is 437 g/mol. The van der Waals surface area contributed by atoms with Crippen molar-refractivity contribution in [2.75, 3.05) is 24.5 Å². The van der Waals surface area contributed by atoms with Gasteiger partial charge in [0.05, 0.1) is 22.6 Å². The number of hydrogen-bond acceptors (Lipinski definition) is 5. The molecule has 9 heteroatoms. The molecule has 29 heavy (non-hydrogen) atoms. The van der Waals surface area contributed by atoms with E-state index in [2.05, 4.69) is 0 Å². The molecular formula is C20H24N2O5S2. The summed E-state index contributed by atoms with van der Waals surface area (Å²) in [4.78, 5) is 0.404. The first kappa shape index (κ1) is 20.2. The zero-order chi connectivity index (χ0) is 20.8. The van der Waals surface area contributed by atoms with E-state index < -0.39 is 20.0 Å². The summed E-state index contributed by atoms with van der Waals surface area (Å²) < 4.78 is 60.2. The third kappa shape index (κ3) is 3.41. The quantitative estimate of drug-likeness (QED) is 0.719. The maximum Gasteiger partial charge on any atom is 0.264 e. The van der Waals surface area contributed by atoms with Gasteiger partial charge in [-0.2, -0.15) is 4.31 Å². The van der Waals surface area contributed by atoms with Crippen LogP contribution in [0.15, 0.2) is 52.3 Å². The van der Waals surface area contributed by atoms with Crippen LogP contribution in [0.1, 0.15) is 25.3 Å². The van der Waals surface area contributed by atoms with Crippen molar-refractivity contribution in [2.45, 2.75) is 42.0 Å². The first-order chi connectivity index (χ1) is 13.7. The van der Waals surface area contributed by atoms with Crippen molar-refractivity contribution < 1.29 is 21.6 Å². The largest absolute Gasteiger partial charge is 0.497 e. The molecule has 1 saturated heterocycles. The minimum atomic E-state index is -3.77. The van der Waals surface area contributed by atoms with Gasteiger partial charge in [-0.15, -0.1) is 0 Å². The van der Waals surface area contributed by atoms with E-state index in [4.69, 9.17) is 4.74 Å². The Morgan fingerprint density at radius 1 is 0.897 bits per heavy atom. The molecular weight excluding hydrogens is 412 g/mol. The second kappa shape index (κ2) is 7.30. The van der Waals surface area contributed by atoms with Crippen LogP contribution in [0.2, 0.25) is 0 Å². The monoisotopic (exact) mass is 436 g/mol. The molecule has 0 amide bonds. The van der Waals surface area contributed by atoms with E-state index in [0.717, 1.165) is 18.4 Å². The van der Waals surface area contributed by atoms with Crippen LogP contribution in [0.3, 0.4) is 0 Å². The summed E-state index contributed by atoms with van der Waals surface area (Å²) in [6, 6.07) is 10.7. The highest BCUT2D eigenvalue weighted by atomic mass is 32.2. The van der Waals surface area contributed by atoms with Crippen molar-refractivity contribution in [1.82, 2.24) is 4.31 Å². The summed E-state index contributed by atoms with van der Waals surface area (Å²) in [6.07, 6.45) is 2.21. The minimum absolute atomic E-state index is 0.173. The van der Waals surface area contributed by atoms with Gasteiger partial charge in [-0.3, -0.25) is 4.31 Å². The molecule has 7 nitrogen and oxygen atoms in total. The smallest absolute Gasteiger partial charge is 0.264 e. The molecule has 0 aliphatic carbocycles. The topological polar surface area (TPSA) is 84.0 Å². The number of nitrogens with zero attached hydrogens (tertiary/aromatic N) is 2. The molecule has 0 N–H and O–H groups in total. The SMILES string of the molecule is COc1ccc(S(=O)(=O)N2c3ccc(S(=O)(=O)N4CCCC4)cc3C[C@@H]2C)cc1. The maximum atomic E-state index is 13.3. The van der Waals surface area contributed by atoms with Crippen LogP contribution in [0.5, 0.6) is 5.75 Å². The van der Waals surface area contributed by atoms with E-state index in [1.807, 2.05) is 6.92 Å². The van der Waals surface area contributed by atoms with Crippen LogP contribution in [0.25, 0.3) is 0 Å². The molecule has 2 aromatic rings. The van der Waals surface area contributed by atoms with E-state index in [-0.39, 0.29) is 15.8 Å². The zero-order valence-electron chi connectivity index (χ0n) is 16.4. The molecule has 2 aliphatic heterocycles. The van der Waals surface area contributed by atoms with E-state index in [9.17, 15) is 16.8 Å². The van der Waals surface area contributed by atoms with Crippen LogP contribution in [0.4, 0.5) is 5.69 Å². The Labute approximate surface area is 172 Å². The Kier molecular flexibility index (Phi) is 5.08. The van der Waals surface area contributed by atoms with Crippen molar-refractivity contribution >= 4 is 25.7 Å². The highest BCUT2D eigenvalue weighted by Gasteiger charge is 2.37. The van der Waals surface area contributed by atoms with Crippen molar-refractivity contribution in [3.05, 3.63) is 48.0 Å². The number of benzene rings is 2. The van der Waals surface area contributed by atoms with Crippen LogP contribution < -0.4 is 9.04 Å². The summed E-state index contributed by atoms with van der Waals surface area (Å²) in [5.41, 5.74) is 1.27. The Morgan fingerprint density at radius 3 is 2.14 bits per heavy atom. The molecule has 2 aliphatic rings. The number of anilines is 1. The molecule has 1 atom stereocenters. The molecule has 0 bridgehead atoms. The van der Waals surface area contributed by atoms with Gasteiger partial charge >= 0.3 is 0 Å². The highest BCUT2D eigenvalue weighted by molar-refractivity contribution is 7.93. The van der Waals surface area contributed by atoms with E-state index in [1.165, 1.54) is 33.9 Å². The fourth-order valence-corrected chi connectivity index (χ4v) is 7.31. The van der Waals surface area contributed by atoms with Crippen molar-refractivity contribution in [2.24, 2.45) is 0 Å². The van der Waals surface area contributed by atoms with Gasteiger partial charge < -0.3 is 4.74 Å². The molecule has 2 heterocycles. The molecule has 1 fully saturated rings. The summed E-state index contributed by atoms with van der Waals surface area (Å²) in [7, 11) is -5.79. The summed E-state index contributed by atoms with van der Waals surface area (Å²) in [6.45, 7) is 2.90. The second-order valence-electron chi connectivity index (χ2n) is 7.43. The number of hydrogen-bond donors (Lipinski definition) is 0. The zero-order valence-corrected chi connectivity index (χ0v) is 18.0. The number of sulfonamides is 2. The van der Waals surface area contributed by atoms with Gasteiger partial charge in [-0.25, -0.2) is 16.8 Å². The fourth-order valence-electron chi connectivity index (χ4n) is 4.04.